The van der Waals surface area contributed by atoms with Gasteiger partial charge in [0, 0.05) is 44.3 Å². The van der Waals surface area contributed by atoms with Crippen LogP contribution in [0.5, 0.6) is 0 Å². The molecule has 0 aromatic heterocycles. The van der Waals surface area contributed by atoms with Gasteiger partial charge in [0.25, 0.3) is 0 Å². The summed E-state index contributed by atoms with van der Waals surface area (Å²) in [7, 11) is 6.06. The highest BCUT2D eigenvalue weighted by molar-refractivity contribution is 5.80. The van der Waals surface area contributed by atoms with Crippen LogP contribution in [0.4, 0.5) is 0 Å². The first-order chi connectivity index (χ1) is 9.67. The van der Waals surface area contributed by atoms with E-state index in [4.69, 9.17) is 0 Å². The maximum absolute atomic E-state index is 4.38. The van der Waals surface area contributed by atoms with Gasteiger partial charge in [0.2, 0.25) is 0 Å². The standard InChI is InChI=1S/C16H35N5/c1-12(2)21-9-13(3)14(10-21)19-15(17-6)18-11-16(4,5)20(7)8/h12-14H,9-11H2,1-8H3,(H2,17,18,19). The normalized spacial score (nSPS) is 25.0. The summed E-state index contributed by atoms with van der Waals surface area (Å²) in [6, 6.07) is 1.09. The third-order valence-electron chi connectivity index (χ3n) is 4.82. The van der Waals surface area contributed by atoms with Crippen molar-refractivity contribution in [3.63, 3.8) is 0 Å². The summed E-state index contributed by atoms with van der Waals surface area (Å²) >= 11 is 0. The van der Waals surface area contributed by atoms with Gasteiger partial charge in [-0.05, 0) is 47.7 Å². The van der Waals surface area contributed by atoms with Crippen molar-refractivity contribution in [2.24, 2.45) is 10.9 Å². The zero-order valence-corrected chi connectivity index (χ0v) is 15.2. The summed E-state index contributed by atoms with van der Waals surface area (Å²) < 4.78 is 0. The van der Waals surface area contributed by atoms with Crippen molar-refractivity contribution >= 4 is 5.96 Å². The minimum Gasteiger partial charge on any atom is -0.355 e. The molecule has 5 heteroatoms. The van der Waals surface area contributed by atoms with Gasteiger partial charge in [-0.25, -0.2) is 0 Å². The smallest absolute Gasteiger partial charge is 0.191 e. The van der Waals surface area contributed by atoms with Crippen molar-refractivity contribution in [1.29, 1.82) is 0 Å². The number of nitrogens with zero attached hydrogens (tertiary/aromatic N) is 3. The van der Waals surface area contributed by atoms with Gasteiger partial charge in [0.1, 0.15) is 0 Å². The number of hydrogen-bond acceptors (Lipinski definition) is 3. The van der Waals surface area contributed by atoms with Crippen LogP contribution in [0.2, 0.25) is 0 Å². The Hall–Kier alpha value is -0.810. The maximum Gasteiger partial charge on any atom is 0.191 e. The van der Waals surface area contributed by atoms with Gasteiger partial charge in [-0.15, -0.1) is 0 Å². The predicted molar refractivity (Wildman–Crippen MR) is 91.9 cm³/mol. The van der Waals surface area contributed by atoms with E-state index in [2.05, 4.69) is 74.1 Å². The summed E-state index contributed by atoms with van der Waals surface area (Å²) in [5, 5.41) is 7.05. The van der Waals surface area contributed by atoms with E-state index in [-0.39, 0.29) is 5.54 Å². The molecule has 0 spiro atoms. The first kappa shape index (κ1) is 18.2. The van der Waals surface area contributed by atoms with Gasteiger partial charge in [-0.2, -0.15) is 0 Å². The summed E-state index contributed by atoms with van der Waals surface area (Å²) in [5.74, 6) is 1.56. The van der Waals surface area contributed by atoms with Gasteiger partial charge >= 0.3 is 0 Å². The number of nitrogens with one attached hydrogen (secondary N) is 2. The molecule has 0 radical (unpaired) electrons. The number of guanidine groups is 1. The minimum absolute atomic E-state index is 0.100. The second-order valence-electron chi connectivity index (χ2n) is 7.41. The highest BCUT2D eigenvalue weighted by Crippen LogP contribution is 2.18. The molecule has 2 N–H and O–H groups in total. The molecule has 0 bridgehead atoms. The Bertz CT molecular complexity index is 349. The fraction of sp³-hybridized carbons (Fsp3) is 0.938. The molecule has 0 aromatic rings. The molecule has 2 unspecified atom stereocenters. The van der Waals surface area contributed by atoms with Crippen LogP contribution in [0.25, 0.3) is 0 Å². The lowest BCUT2D eigenvalue weighted by Crippen LogP contribution is -2.53. The Labute approximate surface area is 131 Å². The highest BCUT2D eigenvalue weighted by Gasteiger charge is 2.31. The van der Waals surface area contributed by atoms with E-state index in [1.807, 2.05) is 7.05 Å². The van der Waals surface area contributed by atoms with E-state index in [9.17, 15) is 0 Å². The quantitative estimate of drug-likeness (QED) is 0.591. The van der Waals surface area contributed by atoms with Crippen LogP contribution in [0.3, 0.4) is 0 Å². The fourth-order valence-electron chi connectivity index (χ4n) is 2.44. The maximum atomic E-state index is 4.38. The zero-order valence-electron chi connectivity index (χ0n) is 15.2. The molecule has 1 saturated heterocycles. The molecule has 21 heavy (non-hydrogen) atoms. The third kappa shape index (κ3) is 5.15. The number of hydrogen-bond donors (Lipinski definition) is 2. The second kappa shape index (κ2) is 7.45. The van der Waals surface area contributed by atoms with E-state index in [1.54, 1.807) is 0 Å². The topological polar surface area (TPSA) is 42.9 Å². The lowest BCUT2D eigenvalue weighted by atomic mass is 10.0. The molecule has 0 saturated carbocycles. The summed E-state index contributed by atoms with van der Waals surface area (Å²) in [5.41, 5.74) is 0.100. The van der Waals surface area contributed by atoms with Gasteiger partial charge in [-0.1, -0.05) is 6.92 Å². The van der Waals surface area contributed by atoms with E-state index in [0.29, 0.717) is 18.0 Å². The van der Waals surface area contributed by atoms with Crippen LogP contribution in [-0.4, -0.2) is 74.2 Å². The average molecular weight is 297 g/mol. The molecule has 0 amide bonds. The van der Waals surface area contributed by atoms with Crippen molar-refractivity contribution in [1.82, 2.24) is 20.4 Å². The largest absolute Gasteiger partial charge is 0.355 e. The molecule has 0 aromatic carbocycles. The van der Waals surface area contributed by atoms with Crippen LogP contribution >= 0.6 is 0 Å². The SMILES string of the molecule is CN=C(NCC(C)(C)N(C)C)NC1CN(C(C)C)CC1C. The molecule has 1 fully saturated rings. The molecule has 1 aliphatic rings. The monoisotopic (exact) mass is 297 g/mol. The number of likely N-dealkylation sites (tertiary alicyclic amines) is 1. The van der Waals surface area contributed by atoms with Gasteiger partial charge in [-0.3, -0.25) is 9.89 Å². The van der Waals surface area contributed by atoms with Crippen LogP contribution in [0, 0.1) is 5.92 Å². The molecule has 1 rings (SSSR count). The number of aliphatic imine (C=N–C) groups is 1. The lowest BCUT2D eigenvalue weighted by Gasteiger charge is -2.33. The number of rotatable bonds is 5. The molecular weight excluding hydrogens is 262 g/mol. The lowest BCUT2D eigenvalue weighted by molar-refractivity contribution is 0.197. The van der Waals surface area contributed by atoms with Crippen LogP contribution in [0.15, 0.2) is 4.99 Å². The first-order valence-electron chi connectivity index (χ1n) is 8.06. The van der Waals surface area contributed by atoms with Crippen LogP contribution < -0.4 is 10.6 Å². The summed E-state index contributed by atoms with van der Waals surface area (Å²) in [4.78, 5) is 9.13. The minimum atomic E-state index is 0.100. The second-order valence-corrected chi connectivity index (χ2v) is 7.41. The molecular formula is C16H35N5. The van der Waals surface area contributed by atoms with E-state index in [0.717, 1.165) is 25.6 Å². The van der Waals surface area contributed by atoms with Gasteiger partial charge < -0.3 is 15.5 Å². The Balaban J connectivity index is 2.52. The molecule has 1 heterocycles. The van der Waals surface area contributed by atoms with E-state index >= 15 is 0 Å². The van der Waals surface area contributed by atoms with E-state index < -0.39 is 0 Å². The van der Waals surface area contributed by atoms with Gasteiger partial charge in [0.05, 0.1) is 0 Å². The first-order valence-corrected chi connectivity index (χ1v) is 8.06. The van der Waals surface area contributed by atoms with Gasteiger partial charge in [0.15, 0.2) is 5.96 Å². The Morgan fingerprint density at radius 2 is 1.95 bits per heavy atom. The molecule has 124 valence electrons. The molecule has 5 nitrogen and oxygen atoms in total. The Morgan fingerprint density at radius 1 is 1.33 bits per heavy atom. The Kier molecular flexibility index (Phi) is 6.47. The Morgan fingerprint density at radius 3 is 2.38 bits per heavy atom. The third-order valence-corrected chi connectivity index (χ3v) is 4.82. The van der Waals surface area contributed by atoms with Crippen molar-refractivity contribution in [2.45, 2.75) is 52.2 Å². The molecule has 0 aliphatic carbocycles. The zero-order chi connectivity index (χ0) is 16.2. The van der Waals surface area contributed by atoms with E-state index in [1.165, 1.54) is 0 Å². The van der Waals surface area contributed by atoms with Crippen molar-refractivity contribution < 1.29 is 0 Å². The molecule has 1 aliphatic heterocycles. The van der Waals surface area contributed by atoms with Crippen molar-refractivity contribution in [3.8, 4) is 0 Å². The molecule has 2 atom stereocenters. The van der Waals surface area contributed by atoms with Crippen molar-refractivity contribution in [3.05, 3.63) is 0 Å². The van der Waals surface area contributed by atoms with Crippen molar-refractivity contribution in [2.75, 3.05) is 40.8 Å². The van der Waals surface area contributed by atoms with Crippen LogP contribution in [0.1, 0.15) is 34.6 Å². The van der Waals surface area contributed by atoms with Crippen LogP contribution in [-0.2, 0) is 0 Å². The predicted octanol–water partition coefficient (Wildman–Crippen LogP) is 1.22. The highest BCUT2D eigenvalue weighted by atomic mass is 15.3. The summed E-state index contributed by atoms with van der Waals surface area (Å²) in [6.45, 7) is 14.4. The summed E-state index contributed by atoms with van der Waals surface area (Å²) in [6.07, 6.45) is 0. The average Bonchev–Trinajstić information content (AvgIpc) is 2.76. The fourth-order valence-corrected chi connectivity index (χ4v) is 2.44. The number of likely N-dealkylation sites (N-methyl/N-ethyl adjacent to an activating group) is 1.